The van der Waals surface area contributed by atoms with Crippen LogP contribution in [0.25, 0.3) is 5.69 Å². The van der Waals surface area contributed by atoms with E-state index in [1.54, 1.807) is 32.0 Å². The van der Waals surface area contributed by atoms with Crippen molar-refractivity contribution in [1.29, 1.82) is 0 Å². The molecule has 1 amide bonds. The van der Waals surface area contributed by atoms with Crippen molar-refractivity contribution in [1.82, 2.24) is 19.7 Å². The number of carbonyl (C=O) groups excluding carboxylic acids is 1. The quantitative estimate of drug-likeness (QED) is 0.772. The van der Waals surface area contributed by atoms with Gasteiger partial charge < -0.3 is 0 Å². The number of nitrogens with zero attached hydrogens (tertiary/aromatic N) is 3. The van der Waals surface area contributed by atoms with E-state index in [0.29, 0.717) is 11.3 Å². The lowest BCUT2D eigenvalue weighted by Gasteiger charge is -2.09. The van der Waals surface area contributed by atoms with Gasteiger partial charge in [-0.2, -0.15) is 0 Å². The summed E-state index contributed by atoms with van der Waals surface area (Å²) in [5.41, 5.74) is 1.97. The number of sulfonamides is 1. The van der Waals surface area contributed by atoms with Crippen LogP contribution in [0.2, 0.25) is 0 Å². The van der Waals surface area contributed by atoms with Crippen LogP contribution >= 0.6 is 0 Å². The van der Waals surface area contributed by atoms with Gasteiger partial charge in [0.15, 0.2) is 5.69 Å². The van der Waals surface area contributed by atoms with E-state index in [9.17, 15) is 13.2 Å². The molecule has 0 bridgehead atoms. The summed E-state index contributed by atoms with van der Waals surface area (Å²) in [6.07, 6.45) is 1.38. The van der Waals surface area contributed by atoms with Crippen LogP contribution in [0.3, 0.4) is 0 Å². The molecule has 0 spiro atoms. The van der Waals surface area contributed by atoms with Crippen LogP contribution in [0, 0.1) is 13.8 Å². The van der Waals surface area contributed by atoms with Crippen LogP contribution in [0.15, 0.2) is 59.6 Å². The predicted molar refractivity (Wildman–Crippen MR) is 91.9 cm³/mol. The van der Waals surface area contributed by atoms with Gasteiger partial charge in [0.05, 0.1) is 16.8 Å². The molecule has 1 heterocycles. The Hall–Kier alpha value is -3.00. The molecule has 8 heteroatoms. The van der Waals surface area contributed by atoms with Crippen molar-refractivity contribution in [2.75, 3.05) is 0 Å². The topological polar surface area (TPSA) is 94.0 Å². The Morgan fingerprint density at radius 2 is 1.80 bits per heavy atom. The van der Waals surface area contributed by atoms with Crippen LogP contribution in [-0.4, -0.2) is 29.3 Å². The van der Waals surface area contributed by atoms with E-state index < -0.39 is 15.9 Å². The molecule has 0 aliphatic carbocycles. The molecule has 0 atom stereocenters. The predicted octanol–water partition coefficient (Wildman–Crippen LogP) is 2.00. The maximum Gasteiger partial charge on any atom is 0.287 e. The van der Waals surface area contributed by atoms with Gasteiger partial charge in [-0.25, -0.2) is 17.8 Å². The Kier molecular flexibility index (Phi) is 4.37. The zero-order valence-electron chi connectivity index (χ0n) is 13.7. The number of nitrogens with one attached hydrogen (secondary N) is 1. The monoisotopic (exact) mass is 356 g/mol. The second kappa shape index (κ2) is 6.48. The number of rotatable bonds is 4. The average molecular weight is 356 g/mol. The molecule has 0 saturated heterocycles. The molecule has 3 aromatic rings. The summed E-state index contributed by atoms with van der Waals surface area (Å²) in [6, 6.07) is 14.1. The SMILES string of the molecule is Cc1ccc(C)c(S(=O)(=O)NC(=O)c2cn(-c3ccccc3)nn2)c1. The van der Waals surface area contributed by atoms with Crippen molar-refractivity contribution >= 4 is 15.9 Å². The molecular formula is C17H16N4O3S. The van der Waals surface area contributed by atoms with E-state index in [1.807, 2.05) is 29.0 Å². The van der Waals surface area contributed by atoms with E-state index in [2.05, 4.69) is 10.3 Å². The minimum atomic E-state index is -3.99. The fraction of sp³-hybridized carbons (Fsp3) is 0.118. The third-order valence-electron chi connectivity index (χ3n) is 3.61. The van der Waals surface area contributed by atoms with Crippen molar-refractivity contribution in [3.63, 3.8) is 0 Å². The number of amides is 1. The van der Waals surface area contributed by atoms with E-state index in [1.165, 1.54) is 16.9 Å². The van der Waals surface area contributed by atoms with Crippen LogP contribution in [0.4, 0.5) is 0 Å². The number of aromatic nitrogens is 3. The Labute approximate surface area is 145 Å². The van der Waals surface area contributed by atoms with Crippen molar-refractivity contribution < 1.29 is 13.2 Å². The second-order valence-corrected chi connectivity index (χ2v) is 7.24. The highest BCUT2D eigenvalue weighted by molar-refractivity contribution is 7.90. The third kappa shape index (κ3) is 3.58. The van der Waals surface area contributed by atoms with Gasteiger partial charge in [0.25, 0.3) is 15.9 Å². The first kappa shape index (κ1) is 16.8. The summed E-state index contributed by atoms with van der Waals surface area (Å²) in [7, 11) is -3.99. The summed E-state index contributed by atoms with van der Waals surface area (Å²) in [4.78, 5) is 12.3. The number of hydrogen-bond acceptors (Lipinski definition) is 5. The van der Waals surface area contributed by atoms with Gasteiger partial charge in [0, 0.05) is 0 Å². The number of hydrogen-bond donors (Lipinski definition) is 1. The highest BCUT2D eigenvalue weighted by Crippen LogP contribution is 2.17. The molecule has 3 rings (SSSR count). The standard InChI is InChI=1S/C17H16N4O3S/c1-12-8-9-13(2)16(10-12)25(23,24)19-17(22)15-11-21(20-18-15)14-6-4-3-5-7-14/h3-11H,1-2H3,(H,19,22). The lowest BCUT2D eigenvalue weighted by atomic mass is 10.2. The molecule has 1 aromatic heterocycles. The largest absolute Gasteiger partial charge is 0.287 e. The number of aryl methyl sites for hydroxylation is 2. The van der Waals surface area contributed by atoms with Crippen molar-refractivity contribution in [2.45, 2.75) is 18.7 Å². The summed E-state index contributed by atoms with van der Waals surface area (Å²) < 4.78 is 28.4. The van der Waals surface area contributed by atoms with E-state index in [-0.39, 0.29) is 10.6 Å². The first-order chi connectivity index (χ1) is 11.9. The third-order valence-corrected chi connectivity index (χ3v) is 5.08. The summed E-state index contributed by atoms with van der Waals surface area (Å²) in [5, 5.41) is 7.60. The molecule has 1 N–H and O–H groups in total. The lowest BCUT2D eigenvalue weighted by molar-refractivity contribution is 0.0976. The van der Waals surface area contributed by atoms with Crippen molar-refractivity contribution in [3.05, 3.63) is 71.5 Å². The number of benzene rings is 2. The van der Waals surface area contributed by atoms with E-state index in [4.69, 9.17) is 0 Å². The maximum absolute atomic E-state index is 12.5. The fourth-order valence-corrected chi connectivity index (χ4v) is 3.59. The summed E-state index contributed by atoms with van der Waals surface area (Å²) in [6.45, 7) is 3.45. The summed E-state index contributed by atoms with van der Waals surface area (Å²) in [5.74, 6) is -0.830. The zero-order chi connectivity index (χ0) is 18.0. The molecule has 25 heavy (non-hydrogen) atoms. The Bertz CT molecular complexity index is 1030. The molecular weight excluding hydrogens is 340 g/mol. The number of para-hydroxylation sites is 1. The first-order valence-electron chi connectivity index (χ1n) is 7.49. The van der Waals surface area contributed by atoms with E-state index in [0.717, 1.165) is 5.56 Å². The van der Waals surface area contributed by atoms with Gasteiger partial charge in [-0.05, 0) is 43.2 Å². The molecule has 128 valence electrons. The Balaban J connectivity index is 1.85. The van der Waals surface area contributed by atoms with Crippen LogP contribution < -0.4 is 4.72 Å². The summed E-state index contributed by atoms with van der Waals surface area (Å²) >= 11 is 0. The first-order valence-corrected chi connectivity index (χ1v) is 8.97. The zero-order valence-corrected chi connectivity index (χ0v) is 14.5. The molecule has 0 aliphatic heterocycles. The van der Waals surface area contributed by atoms with Crippen LogP contribution in [0.5, 0.6) is 0 Å². The van der Waals surface area contributed by atoms with Gasteiger partial charge in [0.2, 0.25) is 0 Å². The average Bonchev–Trinajstić information content (AvgIpc) is 3.07. The molecule has 7 nitrogen and oxygen atoms in total. The van der Waals surface area contributed by atoms with Gasteiger partial charge >= 0.3 is 0 Å². The van der Waals surface area contributed by atoms with E-state index >= 15 is 0 Å². The lowest BCUT2D eigenvalue weighted by Crippen LogP contribution is -2.31. The molecule has 0 aliphatic rings. The van der Waals surface area contributed by atoms with Crippen LogP contribution in [-0.2, 0) is 10.0 Å². The molecule has 0 radical (unpaired) electrons. The van der Waals surface area contributed by atoms with Crippen molar-refractivity contribution in [2.24, 2.45) is 0 Å². The van der Waals surface area contributed by atoms with Gasteiger partial charge in [0.1, 0.15) is 0 Å². The van der Waals surface area contributed by atoms with Crippen molar-refractivity contribution in [3.8, 4) is 5.69 Å². The molecule has 0 saturated carbocycles. The van der Waals surface area contributed by atoms with Gasteiger partial charge in [-0.3, -0.25) is 4.79 Å². The van der Waals surface area contributed by atoms with Gasteiger partial charge in [-0.15, -0.1) is 5.10 Å². The Morgan fingerprint density at radius 1 is 1.08 bits per heavy atom. The fourth-order valence-electron chi connectivity index (χ4n) is 2.30. The molecule has 0 unspecified atom stereocenters. The second-order valence-electron chi connectivity index (χ2n) is 5.59. The van der Waals surface area contributed by atoms with Crippen LogP contribution in [0.1, 0.15) is 21.6 Å². The highest BCUT2D eigenvalue weighted by atomic mass is 32.2. The Morgan fingerprint density at radius 3 is 2.52 bits per heavy atom. The van der Waals surface area contributed by atoms with Gasteiger partial charge in [-0.1, -0.05) is 35.5 Å². The number of carbonyl (C=O) groups is 1. The smallest absolute Gasteiger partial charge is 0.266 e. The minimum Gasteiger partial charge on any atom is -0.266 e. The highest BCUT2D eigenvalue weighted by Gasteiger charge is 2.22. The molecule has 2 aromatic carbocycles. The minimum absolute atomic E-state index is 0.0660. The normalized spacial score (nSPS) is 11.3. The molecule has 0 fully saturated rings. The maximum atomic E-state index is 12.5.